The summed E-state index contributed by atoms with van der Waals surface area (Å²) in [5, 5.41) is 22.6. The van der Waals surface area contributed by atoms with Crippen LogP contribution in [0.5, 0.6) is 0 Å². The summed E-state index contributed by atoms with van der Waals surface area (Å²) in [6, 6.07) is 19.1. The number of fused-ring (bicyclic) bond motifs is 1. The molecule has 5 heteroatoms. The Morgan fingerprint density at radius 1 is 1.08 bits per heavy atom. The van der Waals surface area contributed by atoms with Crippen molar-refractivity contribution in [2.75, 3.05) is 13.1 Å². The van der Waals surface area contributed by atoms with Gasteiger partial charge in [-0.2, -0.15) is 0 Å². The van der Waals surface area contributed by atoms with E-state index in [1.165, 1.54) is 0 Å². The average Bonchev–Trinajstić information content (AvgIpc) is 3.08. The fourth-order valence-electron chi connectivity index (χ4n) is 3.74. The van der Waals surface area contributed by atoms with Crippen molar-refractivity contribution in [3.05, 3.63) is 72.4 Å². The first-order chi connectivity index (χ1) is 12.6. The molecular weight excluding hydrogens is 328 g/mol. The molecular formula is C21H22N2O3. The number of rotatable bonds is 3. The lowest BCUT2D eigenvalue weighted by molar-refractivity contribution is -0.152. The number of carbonyl (C=O) groups excluding carboxylic acids is 1. The van der Waals surface area contributed by atoms with E-state index in [1.807, 2.05) is 71.4 Å². The summed E-state index contributed by atoms with van der Waals surface area (Å²) in [6.07, 6.45) is 1.21. The normalized spacial score (nSPS) is 23.3. The van der Waals surface area contributed by atoms with Crippen LogP contribution in [0.1, 0.15) is 12.0 Å². The molecule has 134 valence electrons. The lowest BCUT2D eigenvalue weighted by Gasteiger charge is -2.42. The molecule has 1 amide bonds. The minimum atomic E-state index is -1.31. The summed E-state index contributed by atoms with van der Waals surface area (Å²) in [4.78, 5) is 14.4. The molecule has 1 saturated heterocycles. The number of hydrogen-bond donors (Lipinski definition) is 2. The number of para-hydroxylation sites is 1. The van der Waals surface area contributed by atoms with Crippen LogP contribution in [0.4, 0.5) is 0 Å². The second kappa shape index (κ2) is 6.59. The Kier molecular flexibility index (Phi) is 4.26. The van der Waals surface area contributed by atoms with E-state index in [-0.39, 0.29) is 19.0 Å². The highest BCUT2D eigenvalue weighted by molar-refractivity contribution is 5.83. The van der Waals surface area contributed by atoms with Crippen molar-refractivity contribution in [3.8, 4) is 0 Å². The molecule has 0 bridgehead atoms. The van der Waals surface area contributed by atoms with Crippen LogP contribution >= 0.6 is 0 Å². The molecule has 1 fully saturated rings. The van der Waals surface area contributed by atoms with Gasteiger partial charge >= 0.3 is 0 Å². The maximum Gasteiger partial charge on any atom is 0.242 e. The smallest absolute Gasteiger partial charge is 0.242 e. The summed E-state index contributed by atoms with van der Waals surface area (Å²) in [7, 11) is 0. The van der Waals surface area contributed by atoms with E-state index < -0.39 is 11.7 Å². The number of hydrogen-bond acceptors (Lipinski definition) is 3. The highest BCUT2D eigenvalue weighted by Crippen LogP contribution is 2.33. The number of β-amino-alcohol motifs (C(OH)–C–C–N with tert-alkyl or cyclic N) is 1. The Balaban J connectivity index is 1.48. The molecule has 0 spiro atoms. The third kappa shape index (κ3) is 2.89. The van der Waals surface area contributed by atoms with Gasteiger partial charge in [0.15, 0.2) is 0 Å². The Bertz CT molecular complexity index is 921. The maximum atomic E-state index is 12.7. The molecule has 1 aliphatic rings. The first-order valence-electron chi connectivity index (χ1n) is 8.85. The summed E-state index contributed by atoms with van der Waals surface area (Å²) in [5.41, 5.74) is 0.397. The molecule has 26 heavy (non-hydrogen) atoms. The average molecular weight is 350 g/mol. The quantitative estimate of drug-likeness (QED) is 0.760. The van der Waals surface area contributed by atoms with Crippen LogP contribution in [0.25, 0.3) is 10.9 Å². The van der Waals surface area contributed by atoms with E-state index in [4.69, 9.17) is 0 Å². The van der Waals surface area contributed by atoms with Gasteiger partial charge in [0.25, 0.3) is 0 Å². The van der Waals surface area contributed by atoms with Gasteiger partial charge < -0.3 is 19.7 Å². The topological polar surface area (TPSA) is 65.7 Å². The van der Waals surface area contributed by atoms with Crippen LogP contribution < -0.4 is 0 Å². The predicted molar refractivity (Wildman–Crippen MR) is 99.5 cm³/mol. The van der Waals surface area contributed by atoms with Crippen LogP contribution in [0.3, 0.4) is 0 Å². The van der Waals surface area contributed by atoms with E-state index in [9.17, 15) is 15.0 Å². The highest BCUT2D eigenvalue weighted by atomic mass is 16.3. The van der Waals surface area contributed by atoms with Gasteiger partial charge in [0.1, 0.15) is 18.2 Å². The van der Waals surface area contributed by atoms with Gasteiger partial charge in [-0.05, 0) is 23.1 Å². The third-order valence-electron chi connectivity index (χ3n) is 5.32. The minimum absolute atomic E-state index is 0.0551. The van der Waals surface area contributed by atoms with Gasteiger partial charge in [0.05, 0.1) is 0 Å². The van der Waals surface area contributed by atoms with Crippen LogP contribution in [-0.4, -0.2) is 44.8 Å². The van der Waals surface area contributed by atoms with Crippen molar-refractivity contribution in [3.63, 3.8) is 0 Å². The molecule has 0 aliphatic carbocycles. The number of aromatic nitrogens is 1. The highest BCUT2D eigenvalue weighted by Gasteiger charge is 2.43. The number of likely N-dealkylation sites (tertiary alicyclic amines) is 1. The summed E-state index contributed by atoms with van der Waals surface area (Å²) >= 11 is 0. The molecule has 0 radical (unpaired) electrons. The molecule has 5 nitrogen and oxygen atoms in total. The molecule has 0 unspecified atom stereocenters. The number of nitrogens with zero attached hydrogens (tertiary/aromatic N) is 2. The summed E-state index contributed by atoms with van der Waals surface area (Å²) in [6.45, 7) is 0.772. The van der Waals surface area contributed by atoms with Crippen LogP contribution in [-0.2, 0) is 16.9 Å². The van der Waals surface area contributed by atoms with Crippen LogP contribution in [0.2, 0.25) is 0 Å². The lowest BCUT2D eigenvalue weighted by Crippen LogP contribution is -2.55. The summed E-state index contributed by atoms with van der Waals surface area (Å²) in [5.74, 6) is -0.0551. The molecule has 2 atom stereocenters. The molecule has 0 saturated carbocycles. The Labute approximate surface area is 152 Å². The van der Waals surface area contributed by atoms with Crippen molar-refractivity contribution in [2.24, 2.45) is 0 Å². The Hall–Kier alpha value is -2.63. The van der Waals surface area contributed by atoms with Crippen molar-refractivity contribution in [1.29, 1.82) is 0 Å². The van der Waals surface area contributed by atoms with Gasteiger partial charge in [-0.1, -0.05) is 48.5 Å². The van der Waals surface area contributed by atoms with Crippen LogP contribution in [0.15, 0.2) is 66.9 Å². The first kappa shape index (κ1) is 16.8. The zero-order valence-electron chi connectivity index (χ0n) is 14.5. The molecule has 1 aliphatic heterocycles. The zero-order valence-corrected chi connectivity index (χ0v) is 14.5. The second-order valence-corrected chi connectivity index (χ2v) is 6.90. The summed E-state index contributed by atoms with van der Waals surface area (Å²) < 4.78 is 1.92. The molecule has 4 rings (SSSR count). The molecule has 2 heterocycles. The number of benzene rings is 2. The Morgan fingerprint density at radius 2 is 1.81 bits per heavy atom. The van der Waals surface area contributed by atoms with Crippen LogP contribution in [0, 0.1) is 0 Å². The van der Waals surface area contributed by atoms with Gasteiger partial charge in [-0.3, -0.25) is 4.79 Å². The number of aliphatic hydroxyl groups excluding tert-OH is 1. The number of piperidine rings is 1. The second-order valence-electron chi connectivity index (χ2n) is 6.90. The molecule has 3 aromatic rings. The molecule has 2 N–H and O–H groups in total. The fourth-order valence-corrected chi connectivity index (χ4v) is 3.74. The van der Waals surface area contributed by atoms with Crippen molar-refractivity contribution in [2.45, 2.75) is 24.7 Å². The van der Waals surface area contributed by atoms with Crippen molar-refractivity contribution < 1.29 is 15.0 Å². The van der Waals surface area contributed by atoms with Crippen molar-refractivity contribution >= 4 is 16.8 Å². The SMILES string of the molecule is O=C(Cn1ccc2ccccc21)N1CC[C@](O)(c2ccccc2)[C@@H](O)C1. The maximum absolute atomic E-state index is 12.7. The van der Waals surface area contributed by atoms with E-state index in [0.717, 1.165) is 10.9 Å². The lowest BCUT2D eigenvalue weighted by atomic mass is 9.82. The van der Waals surface area contributed by atoms with Gasteiger partial charge in [0.2, 0.25) is 5.91 Å². The first-order valence-corrected chi connectivity index (χ1v) is 8.85. The van der Waals surface area contributed by atoms with Crippen molar-refractivity contribution in [1.82, 2.24) is 9.47 Å². The van der Waals surface area contributed by atoms with Gasteiger partial charge in [0, 0.05) is 31.2 Å². The number of aliphatic hydroxyl groups is 2. The fraction of sp³-hybridized carbons (Fsp3) is 0.286. The minimum Gasteiger partial charge on any atom is -0.388 e. The number of carbonyl (C=O) groups is 1. The molecule has 2 aromatic carbocycles. The predicted octanol–water partition coefficient (Wildman–Crippen LogP) is 2.12. The van der Waals surface area contributed by atoms with E-state index in [1.54, 1.807) is 4.90 Å². The zero-order chi connectivity index (χ0) is 18.1. The monoisotopic (exact) mass is 350 g/mol. The molecule has 1 aromatic heterocycles. The Morgan fingerprint density at radius 3 is 2.58 bits per heavy atom. The largest absolute Gasteiger partial charge is 0.388 e. The van der Waals surface area contributed by atoms with E-state index in [2.05, 4.69) is 0 Å². The number of amides is 1. The van der Waals surface area contributed by atoms with E-state index in [0.29, 0.717) is 18.5 Å². The van der Waals surface area contributed by atoms with Gasteiger partial charge in [-0.15, -0.1) is 0 Å². The van der Waals surface area contributed by atoms with Gasteiger partial charge in [-0.25, -0.2) is 0 Å². The third-order valence-corrected chi connectivity index (χ3v) is 5.32. The van der Waals surface area contributed by atoms with E-state index >= 15 is 0 Å². The standard InChI is InChI=1S/C21H22N2O3/c24-19-14-23(13-11-21(19,26)17-7-2-1-3-8-17)20(25)15-22-12-10-16-6-4-5-9-18(16)22/h1-10,12,19,24,26H,11,13-15H2/t19-,21-/m0/s1.